The number of nitrogens with zero attached hydrogens (tertiary/aromatic N) is 1. The van der Waals surface area contributed by atoms with E-state index in [2.05, 4.69) is 10.6 Å². The van der Waals surface area contributed by atoms with Gasteiger partial charge in [0.1, 0.15) is 30.0 Å². The van der Waals surface area contributed by atoms with E-state index in [1.54, 1.807) is 61.5 Å². The standard InChI is InChI=1S/C30H30FN3O6/c1-34-25-12-11-21(16-28(35)32-18-6-5-7-20(14-18)38-2)40-27(25)17-39-26-13-10-19(15-23(26)30(34)37)33-29(36)22-8-3-4-9-24(22)31/h3-10,13-15,21,25,27H,11-12,16-17H2,1-2H3,(H,32,35)(H,33,36)/t21-,25-,27-/m1/s1. The highest BCUT2D eigenvalue weighted by molar-refractivity contribution is 6.05. The summed E-state index contributed by atoms with van der Waals surface area (Å²) in [5.41, 5.74) is 1.17. The molecule has 1 fully saturated rings. The second-order valence-electron chi connectivity index (χ2n) is 9.80. The van der Waals surface area contributed by atoms with Gasteiger partial charge in [-0.15, -0.1) is 0 Å². The second-order valence-corrected chi connectivity index (χ2v) is 9.80. The molecule has 0 aliphatic carbocycles. The lowest BCUT2D eigenvalue weighted by Gasteiger charge is -2.42. The first-order chi connectivity index (χ1) is 19.3. The lowest BCUT2D eigenvalue weighted by molar-refractivity contribution is -0.130. The Bertz CT molecular complexity index is 1430. The van der Waals surface area contributed by atoms with Gasteiger partial charge in [-0.2, -0.15) is 0 Å². The first-order valence-electron chi connectivity index (χ1n) is 13.0. The Labute approximate surface area is 231 Å². The van der Waals surface area contributed by atoms with Crippen molar-refractivity contribution in [2.45, 2.75) is 37.5 Å². The van der Waals surface area contributed by atoms with Crippen LogP contribution in [0, 0.1) is 5.82 Å². The van der Waals surface area contributed by atoms with Gasteiger partial charge in [-0.05, 0) is 55.3 Å². The van der Waals surface area contributed by atoms with Crippen molar-refractivity contribution in [2.24, 2.45) is 0 Å². The SMILES string of the molecule is COc1cccc(NC(=O)C[C@H]2CC[C@@H]3[C@@H](COc4ccc(NC(=O)c5ccccc5F)cc4C(=O)N3C)O2)c1. The average molecular weight is 548 g/mol. The number of likely N-dealkylation sites (N-methyl/N-ethyl adjacent to an activating group) is 1. The van der Waals surface area contributed by atoms with E-state index in [-0.39, 0.29) is 48.1 Å². The van der Waals surface area contributed by atoms with Gasteiger partial charge < -0.3 is 29.7 Å². The summed E-state index contributed by atoms with van der Waals surface area (Å²) in [6.45, 7) is 0.185. The molecule has 5 rings (SSSR count). The first-order valence-corrected chi connectivity index (χ1v) is 13.0. The van der Waals surface area contributed by atoms with Crippen LogP contribution in [0.1, 0.15) is 40.0 Å². The molecule has 3 atom stereocenters. The van der Waals surface area contributed by atoms with E-state index in [1.165, 1.54) is 24.3 Å². The third-order valence-electron chi connectivity index (χ3n) is 7.15. The van der Waals surface area contributed by atoms with E-state index < -0.39 is 17.8 Å². The van der Waals surface area contributed by atoms with Crippen LogP contribution < -0.4 is 20.1 Å². The number of anilines is 2. The molecule has 3 aromatic carbocycles. The molecular weight excluding hydrogens is 517 g/mol. The van der Waals surface area contributed by atoms with E-state index in [1.807, 2.05) is 0 Å². The summed E-state index contributed by atoms with van der Waals surface area (Å²) in [7, 11) is 3.27. The topological polar surface area (TPSA) is 106 Å². The molecule has 2 aliphatic rings. The molecule has 3 aromatic rings. The molecule has 1 saturated heterocycles. The van der Waals surface area contributed by atoms with Crippen LogP contribution in [-0.2, 0) is 9.53 Å². The molecule has 2 heterocycles. The Morgan fingerprint density at radius 1 is 1.02 bits per heavy atom. The minimum atomic E-state index is -0.634. The summed E-state index contributed by atoms with van der Waals surface area (Å²) in [5.74, 6) is -0.722. The number of amides is 3. The number of benzene rings is 3. The van der Waals surface area contributed by atoms with Gasteiger partial charge in [0.2, 0.25) is 5.91 Å². The molecule has 3 amide bonds. The number of rotatable bonds is 6. The van der Waals surface area contributed by atoms with Crippen LogP contribution in [0.15, 0.2) is 66.7 Å². The Morgan fingerprint density at radius 2 is 1.82 bits per heavy atom. The number of carbonyl (C=O) groups excluding carboxylic acids is 3. The highest BCUT2D eigenvalue weighted by atomic mass is 19.1. The minimum Gasteiger partial charge on any atom is -0.497 e. The fraction of sp³-hybridized carbons (Fsp3) is 0.300. The van der Waals surface area contributed by atoms with Gasteiger partial charge in [-0.3, -0.25) is 14.4 Å². The zero-order chi connectivity index (χ0) is 28.2. The van der Waals surface area contributed by atoms with Gasteiger partial charge in [-0.25, -0.2) is 4.39 Å². The summed E-state index contributed by atoms with van der Waals surface area (Å²) in [5, 5.41) is 5.52. The lowest BCUT2D eigenvalue weighted by atomic mass is 9.94. The third-order valence-corrected chi connectivity index (χ3v) is 7.15. The van der Waals surface area contributed by atoms with Crippen molar-refractivity contribution >= 4 is 29.1 Å². The number of hydrogen-bond acceptors (Lipinski definition) is 6. The monoisotopic (exact) mass is 547 g/mol. The van der Waals surface area contributed by atoms with Crippen molar-refractivity contribution in [3.05, 3.63) is 83.7 Å². The number of methoxy groups -OCH3 is 1. The van der Waals surface area contributed by atoms with Gasteiger partial charge >= 0.3 is 0 Å². The van der Waals surface area contributed by atoms with E-state index in [9.17, 15) is 18.8 Å². The second kappa shape index (κ2) is 11.7. The summed E-state index contributed by atoms with van der Waals surface area (Å²) in [4.78, 5) is 40.3. The molecule has 0 spiro atoms. The average Bonchev–Trinajstić information content (AvgIpc) is 2.95. The summed E-state index contributed by atoms with van der Waals surface area (Å²) in [6.07, 6.45) is 0.641. The van der Waals surface area contributed by atoms with E-state index >= 15 is 0 Å². The quantitative estimate of drug-likeness (QED) is 0.471. The molecule has 2 N–H and O–H groups in total. The number of carbonyl (C=O) groups is 3. The predicted octanol–water partition coefficient (Wildman–Crippen LogP) is 4.50. The van der Waals surface area contributed by atoms with E-state index in [4.69, 9.17) is 14.2 Å². The molecule has 40 heavy (non-hydrogen) atoms. The summed E-state index contributed by atoms with van der Waals surface area (Å²) >= 11 is 0. The maximum atomic E-state index is 14.0. The van der Waals surface area contributed by atoms with E-state index in [0.717, 1.165) is 0 Å². The number of ether oxygens (including phenoxy) is 3. The summed E-state index contributed by atoms with van der Waals surface area (Å²) in [6, 6.07) is 17.3. The van der Waals surface area contributed by atoms with Gasteiger partial charge in [-0.1, -0.05) is 18.2 Å². The molecule has 0 radical (unpaired) electrons. The molecule has 0 saturated carbocycles. The maximum Gasteiger partial charge on any atom is 0.258 e. The Hall–Kier alpha value is -4.44. The van der Waals surface area contributed by atoms with Crippen LogP contribution in [0.3, 0.4) is 0 Å². The van der Waals surface area contributed by atoms with Crippen molar-refractivity contribution in [3.8, 4) is 11.5 Å². The summed E-state index contributed by atoms with van der Waals surface area (Å²) < 4.78 is 31.5. The first kappa shape index (κ1) is 27.1. The predicted molar refractivity (Wildman–Crippen MR) is 146 cm³/mol. The van der Waals surface area contributed by atoms with Gasteiger partial charge in [0.05, 0.1) is 36.8 Å². The lowest BCUT2D eigenvalue weighted by Crippen LogP contribution is -2.53. The van der Waals surface area contributed by atoms with Crippen LogP contribution in [-0.4, -0.2) is 61.6 Å². The smallest absolute Gasteiger partial charge is 0.258 e. The van der Waals surface area contributed by atoms with Gasteiger partial charge in [0.15, 0.2) is 0 Å². The van der Waals surface area contributed by atoms with Crippen LogP contribution in [0.2, 0.25) is 0 Å². The zero-order valence-corrected chi connectivity index (χ0v) is 22.2. The van der Waals surface area contributed by atoms with Crippen molar-refractivity contribution in [2.75, 3.05) is 31.4 Å². The van der Waals surface area contributed by atoms with Crippen molar-refractivity contribution in [1.82, 2.24) is 4.90 Å². The number of hydrogen-bond donors (Lipinski definition) is 2. The fourth-order valence-electron chi connectivity index (χ4n) is 5.07. The minimum absolute atomic E-state index is 0.0946. The normalized spacial score (nSPS) is 20.2. The van der Waals surface area contributed by atoms with Crippen LogP contribution in [0.25, 0.3) is 0 Å². The number of fused-ring (bicyclic) bond motifs is 2. The highest BCUT2D eigenvalue weighted by Crippen LogP contribution is 2.33. The molecule has 10 heteroatoms. The molecule has 0 bridgehead atoms. The molecule has 2 aliphatic heterocycles. The van der Waals surface area contributed by atoms with Crippen LogP contribution >= 0.6 is 0 Å². The van der Waals surface area contributed by atoms with Gasteiger partial charge in [0, 0.05) is 24.5 Å². The van der Waals surface area contributed by atoms with Crippen LogP contribution in [0.4, 0.5) is 15.8 Å². The third kappa shape index (κ3) is 5.91. The van der Waals surface area contributed by atoms with Crippen LogP contribution in [0.5, 0.6) is 11.5 Å². The molecule has 9 nitrogen and oxygen atoms in total. The molecule has 0 unspecified atom stereocenters. The zero-order valence-electron chi connectivity index (χ0n) is 22.2. The van der Waals surface area contributed by atoms with Crippen molar-refractivity contribution in [1.29, 1.82) is 0 Å². The molecule has 0 aromatic heterocycles. The Morgan fingerprint density at radius 3 is 2.62 bits per heavy atom. The molecule has 208 valence electrons. The van der Waals surface area contributed by atoms with Crippen molar-refractivity contribution < 1.29 is 33.0 Å². The largest absolute Gasteiger partial charge is 0.497 e. The van der Waals surface area contributed by atoms with E-state index in [0.29, 0.717) is 35.7 Å². The van der Waals surface area contributed by atoms with Crippen molar-refractivity contribution in [3.63, 3.8) is 0 Å². The molecular formula is C30H30FN3O6. The maximum absolute atomic E-state index is 14.0. The highest BCUT2D eigenvalue weighted by Gasteiger charge is 2.39. The van der Waals surface area contributed by atoms with Gasteiger partial charge in [0.25, 0.3) is 11.8 Å². The number of nitrogens with one attached hydrogen (secondary N) is 2. The Kier molecular flexibility index (Phi) is 7.97. The number of halogens is 1. The fourth-order valence-corrected chi connectivity index (χ4v) is 5.07. The Balaban J connectivity index is 1.25.